The van der Waals surface area contributed by atoms with Crippen molar-refractivity contribution in [1.29, 1.82) is 0 Å². The second kappa shape index (κ2) is 3.24. The van der Waals surface area contributed by atoms with Crippen LogP contribution in [0, 0.1) is 0 Å². The van der Waals surface area contributed by atoms with E-state index in [1.54, 1.807) is 0 Å². The molecule has 2 aromatic rings. The predicted octanol–water partition coefficient (Wildman–Crippen LogP) is 2.93. The quantitative estimate of drug-likeness (QED) is 0.834. The van der Waals surface area contributed by atoms with Crippen LogP contribution in [0.2, 0.25) is 0 Å². The Balaban J connectivity index is 2.00. The standard InChI is InChI=1S/C13H17N3/c1-13(8-5-9-13)15-12-14-10-6-3-4-7-11(10)16(12)2/h3-4,6-7H,5,8-9H2,1-2H3,(H,14,15). The summed E-state index contributed by atoms with van der Waals surface area (Å²) in [6, 6.07) is 8.25. The van der Waals surface area contributed by atoms with Crippen LogP contribution in [0.5, 0.6) is 0 Å². The van der Waals surface area contributed by atoms with Gasteiger partial charge in [0.2, 0.25) is 5.95 Å². The molecule has 1 aromatic carbocycles. The van der Waals surface area contributed by atoms with Crippen LogP contribution in [0.15, 0.2) is 24.3 Å². The molecule has 0 bridgehead atoms. The van der Waals surface area contributed by atoms with Gasteiger partial charge in [0.15, 0.2) is 0 Å². The summed E-state index contributed by atoms with van der Waals surface area (Å²) in [5.41, 5.74) is 2.51. The molecule has 0 aliphatic heterocycles. The maximum Gasteiger partial charge on any atom is 0.204 e. The van der Waals surface area contributed by atoms with Crippen LogP contribution in [-0.2, 0) is 7.05 Å². The molecule has 3 nitrogen and oxygen atoms in total. The highest BCUT2D eigenvalue weighted by Crippen LogP contribution is 2.34. The molecular weight excluding hydrogens is 198 g/mol. The molecule has 1 aliphatic carbocycles. The minimum absolute atomic E-state index is 0.259. The SMILES string of the molecule is Cn1c(NC2(C)CCC2)nc2ccccc21. The topological polar surface area (TPSA) is 29.9 Å². The Hall–Kier alpha value is -1.51. The van der Waals surface area contributed by atoms with Crippen molar-refractivity contribution in [2.24, 2.45) is 7.05 Å². The lowest BCUT2D eigenvalue weighted by Crippen LogP contribution is -2.42. The van der Waals surface area contributed by atoms with E-state index in [9.17, 15) is 0 Å². The van der Waals surface area contributed by atoms with E-state index in [1.807, 2.05) is 6.07 Å². The van der Waals surface area contributed by atoms with E-state index in [1.165, 1.54) is 24.8 Å². The van der Waals surface area contributed by atoms with Crippen LogP contribution in [0.4, 0.5) is 5.95 Å². The highest BCUT2D eigenvalue weighted by Gasteiger charge is 2.32. The molecule has 3 rings (SSSR count). The van der Waals surface area contributed by atoms with Gasteiger partial charge < -0.3 is 9.88 Å². The smallest absolute Gasteiger partial charge is 0.204 e. The van der Waals surface area contributed by atoms with Crippen molar-refractivity contribution in [2.45, 2.75) is 31.7 Å². The summed E-state index contributed by atoms with van der Waals surface area (Å²) in [7, 11) is 2.07. The van der Waals surface area contributed by atoms with Gasteiger partial charge in [-0.05, 0) is 38.3 Å². The maximum absolute atomic E-state index is 4.63. The number of benzene rings is 1. The summed E-state index contributed by atoms with van der Waals surface area (Å²) in [5.74, 6) is 0.989. The third-order valence-electron chi connectivity index (χ3n) is 3.66. The van der Waals surface area contributed by atoms with Crippen molar-refractivity contribution in [3.05, 3.63) is 24.3 Å². The summed E-state index contributed by atoms with van der Waals surface area (Å²) >= 11 is 0. The highest BCUT2D eigenvalue weighted by molar-refractivity contribution is 5.78. The summed E-state index contributed by atoms with van der Waals surface area (Å²) < 4.78 is 2.14. The Morgan fingerprint density at radius 1 is 1.31 bits per heavy atom. The number of para-hydroxylation sites is 2. The van der Waals surface area contributed by atoms with Gasteiger partial charge in [-0.15, -0.1) is 0 Å². The average molecular weight is 215 g/mol. The molecule has 84 valence electrons. The first-order valence-electron chi connectivity index (χ1n) is 5.88. The Morgan fingerprint density at radius 2 is 2.06 bits per heavy atom. The summed E-state index contributed by atoms with van der Waals surface area (Å²) in [6.07, 6.45) is 3.82. The lowest BCUT2D eigenvalue weighted by Gasteiger charge is -2.39. The number of imidazole rings is 1. The Kier molecular flexibility index (Phi) is 1.96. The predicted molar refractivity (Wildman–Crippen MR) is 66.6 cm³/mol. The van der Waals surface area contributed by atoms with Gasteiger partial charge in [-0.1, -0.05) is 12.1 Å². The summed E-state index contributed by atoms with van der Waals surface area (Å²) in [5, 5.41) is 3.56. The van der Waals surface area contributed by atoms with Gasteiger partial charge in [-0.25, -0.2) is 4.98 Å². The van der Waals surface area contributed by atoms with E-state index in [4.69, 9.17) is 0 Å². The van der Waals surface area contributed by atoms with Crippen LogP contribution in [-0.4, -0.2) is 15.1 Å². The van der Waals surface area contributed by atoms with Crippen molar-refractivity contribution < 1.29 is 0 Å². The molecular formula is C13H17N3. The van der Waals surface area contributed by atoms with Gasteiger partial charge in [-0.3, -0.25) is 0 Å². The molecule has 0 saturated heterocycles. The number of aryl methyl sites for hydroxylation is 1. The molecule has 3 heteroatoms. The van der Waals surface area contributed by atoms with Crippen molar-refractivity contribution in [2.75, 3.05) is 5.32 Å². The molecule has 1 fully saturated rings. The molecule has 0 spiro atoms. The van der Waals surface area contributed by atoms with E-state index in [0.29, 0.717) is 0 Å². The Bertz CT molecular complexity index is 523. The highest BCUT2D eigenvalue weighted by atomic mass is 15.2. The molecule has 0 amide bonds. The maximum atomic E-state index is 4.63. The fraction of sp³-hybridized carbons (Fsp3) is 0.462. The van der Waals surface area contributed by atoms with Crippen molar-refractivity contribution in [1.82, 2.24) is 9.55 Å². The third kappa shape index (κ3) is 1.39. The van der Waals surface area contributed by atoms with Crippen molar-refractivity contribution in [3.63, 3.8) is 0 Å². The van der Waals surface area contributed by atoms with Crippen molar-refractivity contribution in [3.8, 4) is 0 Å². The van der Waals surface area contributed by atoms with Crippen LogP contribution in [0.25, 0.3) is 11.0 Å². The Morgan fingerprint density at radius 3 is 2.69 bits per heavy atom. The minimum Gasteiger partial charge on any atom is -0.350 e. The van der Waals surface area contributed by atoms with Gasteiger partial charge in [0.25, 0.3) is 0 Å². The van der Waals surface area contributed by atoms with E-state index >= 15 is 0 Å². The number of nitrogens with one attached hydrogen (secondary N) is 1. The first-order valence-corrected chi connectivity index (χ1v) is 5.88. The fourth-order valence-corrected chi connectivity index (χ4v) is 2.36. The molecule has 1 heterocycles. The molecule has 0 unspecified atom stereocenters. The average Bonchev–Trinajstić information content (AvgIpc) is 2.55. The zero-order valence-electron chi connectivity index (χ0n) is 9.83. The van der Waals surface area contributed by atoms with Gasteiger partial charge >= 0.3 is 0 Å². The lowest BCUT2D eigenvalue weighted by molar-refractivity contribution is 0.304. The van der Waals surface area contributed by atoms with E-state index in [-0.39, 0.29) is 5.54 Å². The number of hydrogen-bond donors (Lipinski definition) is 1. The molecule has 1 N–H and O–H groups in total. The zero-order chi connectivity index (χ0) is 11.2. The number of hydrogen-bond acceptors (Lipinski definition) is 2. The number of nitrogens with zero attached hydrogens (tertiary/aromatic N) is 2. The van der Waals surface area contributed by atoms with E-state index in [2.05, 4.69) is 47.0 Å². The van der Waals surface area contributed by atoms with Gasteiger partial charge in [-0.2, -0.15) is 0 Å². The fourth-order valence-electron chi connectivity index (χ4n) is 2.36. The monoisotopic (exact) mass is 215 g/mol. The number of aromatic nitrogens is 2. The first kappa shape index (κ1) is 9.70. The zero-order valence-corrected chi connectivity index (χ0v) is 9.83. The molecule has 1 saturated carbocycles. The first-order chi connectivity index (χ1) is 7.68. The number of rotatable bonds is 2. The Labute approximate surface area is 95.5 Å². The van der Waals surface area contributed by atoms with Crippen LogP contribution in [0.3, 0.4) is 0 Å². The largest absolute Gasteiger partial charge is 0.350 e. The summed E-state index contributed by atoms with van der Waals surface area (Å²) in [6.45, 7) is 2.27. The van der Waals surface area contributed by atoms with Crippen LogP contribution in [0.1, 0.15) is 26.2 Å². The number of anilines is 1. The molecule has 16 heavy (non-hydrogen) atoms. The van der Waals surface area contributed by atoms with Gasteiger partial charge in [0.05, 0.1) is 11.0 Å². The van der Waals surface area contributed by atoms with Crippen LogP contribution >= 0.6 is 0 Å². The molecule has 0 atom stereocenters. The van der Waals surface area contributed by atoms with Gasteiger partial charge in [0, 0.05) is 12.6 Å². The van der Waals surface area contributed by atoms with E-state index < -0.39 is 0 Å². The van der Waals surface area contributed by atoms with Crippen LogP contribution < -0.4 is 5.32 Å². The molecule has 0 radical (unpaired) electrons. The number of fused-ring (bicyclic) bond motifs is 1. The third-order valence-corrected chi connectivity index (χ3v) is 3.66. The lowest BCUT2D eigenvalue weighted by atomic mass is 9.79. The molecule has 1 aliphatic rings. The van der Waals surface area contributed by atoms with Crippen molar-refractivity contribution >= 4 is 17.0 Å². The molecule has 1 aromatic heterocycles. The van der Waals surface area contributed by atoms with E-state index in [0.717, 1.165) is 11.5 Å². The second-order valence-corrected chi connectivity index (χ2v) is 5.02. The normalized spacial score (nSPS) is 18.4. The minimum atomic E-state index is 0.259. The van der Waals surface area contributed by atoms with Gasteiger partial charge in [0.1, 0.15) is 0 Å². The second-order valence-electron chi connectivity index (χ2n) is 5.02. The summed E-state index contributed by atoms with van der Waals surface area (Å²) in [4.78, 5) is 4.63.